The number of rotatable bonds is 5. The van der Waals surface area contributed by atoms with E-state index >= 15 is 0 Å². The van der Waals surface area contributed by atoms with E-state index in [1.54, 1.807) is 10.9 Å². The predicted octanol–water partition coefficient (Wildman–Crippen LogP) is 0.543. The van der Waals surface area contributed by atoms with E-state index in [-0.39, 0.29) is 18.2 Å². The molecule has 108 valence electrons. The molecule has 0 fully saturated rings. The fourth-order valence-electron chi connectivity index (χ4n) is 1.75. The van der Waals surface area contributed by atoms with Crippen molar-refractivity contribution in [2.45, 2.75) is 20.0 Å². The molecule has 0 radical (unpaired) electrons. The minimum absolute atomic E-state index is 0.0648. The first kappa shape index (κ1) is 14.5. The SMILES string of the molecule is Cc1c(CNc2cnn(CCO)c(=O)c2Cl)cnn1C. The third-order valence-corrected chi connectivity index (χ3v) is 3.47. The maximum Gasteiger partial charge on any atom is 0.287 e. The van der Waals surface area contributed by atoms with Gasteiger partial charge in [-0.3, -0.25) is 9.48 Å². The van der Waals surface area contributed by atoms with Crippen LogP contribution in [0.4, 0.5) is 5.69 Å². The van der Waals surface area contributed by atoms with Gasteiger partial charge in [0.25, 0.3) is 5.56 Å². The molecule has 0 bridgehead atoms. The van der Waals surface area contributed by atoms with Crippen molar-refractivity contribution >= 4 is 17.3 Å². The highest BCUT2D eigenvalue weighted by molar-refractivity contribution is 6.32. The molecule has 0 aliphatic heterocycles. The second kappa shape index (κ2) is 6.06. The van der Waals surface area contributed by atoms with Gasteiger partial charge in [-0.1, -0.05) is 11.6 Å². The molecule has 2 N–H and O–H groups in total. The van der Waals surface area contributed by atoms with Gasteiger partial charge in [0, 0.05) is 24.8 Å². The van der Waals surface area contributed by atoms with Crippen LogP contribution in [0.3, 0.4) is 0 Å². The summed E-state index contributed by atoms with van der Waals surface area (Å²) in [6, 6.07) is 0. The summed E-state index contributed by atoms with van der Waals surface area (Å²) in [6.07, 6.45) is 3.24. The molecule has 0 atom stereocenters. The first-order valence-corrected chi connectivity index (χ1v) is 6.50. The third-order valence-electron chi connectivity index (χ3n) is 3.10. The van der Waals surface area contributed by atoms with Crippen molar-refractivity contribution < 1.29 is 5.11 Å². The Morgan fingerprint density at radius 1 is 1.40 bits per heavy atom. The summed E-state index contributed by atoms with van der Waals surface area (Å²) in [5, 5.41) is 20.0. The lowest BCUT2D eigenvalue weighted by atomic mass is 10.2. The number of nitrogens with one attached hydrogen (secondary N) is 1. The number of nitrogens with zero attached hydrogens (tertiary/aromatic N) is 4. The lowest BCUT2D eigenvalue weighted by Gasteiger charge is -2.09. The van der Waals surface area contributed by atoms with E-state index in [1.165, 1.54) is 6.20 Å². The second-order valence-corrected chi connectivity index (χ2v) is 4.73. The fraction of sp³-hybridized carbons (Fsp3) is 0.417. The molecule has 7 nitrogen and oxygen atoms in total. The van der Waals surface area contributed by atoms with Crippen LogP contribution in [0.25, 0.3) is 0 Å². The number of aliphatic hydroxyl groups excluding tert-OH is 1. The molecular weight excluding hydrogens is 282 g/mol. The Hall–Kier alpha value is -1.86. The van der Waals surface area contributed by atoms with E-state index in [4.69, 9.17) is 16.7 Å². The molecule has 0 amide bonds. The Balaban J connectivity index is 2.16. The van der Waals surface area contributed by atoms with Crippen molar-refractivity contribution in [1.29, 1.82) is 0 Å². The zero-order valence-electron chi connectivity index (χ0n) is 11.3. The molecule has 0 saturated heterocycles. The molecule has 0 aliphatic rings. The third kappa shape index (κ3) is 2.83. The van der Waals surface area contributed by atoms with Gasteiger partial charge in [0.15, 0.2) is 0 Å². The van der Waals surface area contributed by atoms with Crippen molar-refractivity contribution in [1.82, 2.24) is 19.6 Å². The Bertz CT molecular complexity index is 664. The maximum atomic E-state index is 11.9. The summed E-state index contributed by atoms with van der Waals surface area (Å²) < 4.78 is 2.90. The average molecular weight is 298 g/mol. The molecule has 0 unspecified atom stereocenters. The van der Waals surface area contributed by atoms with Gasteiger partial charge in [0.05, 0.1) is 31.2 Å². The zero-order valence-corrected chi connectivity index (χ0v) is 12.1. The molecular formula is C12H16ClN5O2. The molecule has 2 aromatic heterocycles. The monoisotopic (exact) mass is 297 g/mol. The molecule has 0 saturated carbocycles. The number of hydrogen-bond donors (Lipinski definition) is 2. The van der Waals surface area contributed by atoms with E-state index in [2.05, 4.69) is 15.5 Å². The summed E-state index contributed by atoms with van der Waals surface area (Å²) in [4.78, 5) is 11.9. The van der Waals surface area contributed by atoms with E-state index in [0.29, 0.717) is 12.2 Å². The van der Waals surface area contributed by atoms with E-state index < -0.39 is 5.56 Å². The normalized spacial score (nSPS) is 10.8. The van der Waals surface area contributed by atoms with Gasteiger partial charge in [-0.05, 0) is 6.92 Å². The van der Waals surface area contributed by atoms with Gasteiger partial charge in [-0.15, -0.1) is 0 Å². The molecule has 8 heteroatoms. The zero-order chi connectivity index (χ0) is 14.7. The number of aromatic nitrogens is 4. The van der Waals surface area contributed by atoms with Gasteiger partial charge in [0.1, 0.15) is 5.02 Å². The van der Waals surface area contributed by atoms with Gasteiger partial charge in [-0.2, -0.15) is 10.2 Å². The first-order chi connectivity index (χ1) is 9.54. The predicted molar refractivity (Wildman–Crippen MR) is 75.9 cm³/mol. The van der Waals surface area contributed by atoms with Crippen LogP contribution in [0.5, 0.6) is 0 Å². The number of halogens is 1. The topological polar surface area (TPSA) is 85.0 Å². The fourth-order valence-corrected chi connectivity index (χ4v) is 1.96. The molecule has 0 aromatic carbocycles. The summed E-state index contributed by atoms with van der Waals surface area (Å²) in [5.74, 6) is 0. The largest absolute Gasteiger partial charge is 0.394 e. The maximum absolute atomic E-state index is 11.9. The first-order valence-electron chi connectivity index (χ1n) is 6.12. The van der Waals surface area contributed by atoms with Gasteiger partial charge in [0.2, 0.25) is 0 Å². The van der Waals surface area contributed by atoms with Gasteiger partial charge < -0.3 is 10.4 Å². The Kier molecular flexibility index (Phi) is 4.41. The highest BCUT2D eigenvalue weighted by atomic mass is 35.5. The highest BCUT2D eigenvalue weighted by Crippen LogP contribution is 2.17. The molecule has 2 rings (SSSR count). The second-order valence-electron chi connectivity index (χ2n) is 4.36. The number of aliphatic hydroxyl groups is 1. The van der Waals surface area contributed by atoms with Gasteiger partial charge in [-0.25, -0.2) is 4.68 Å². The van der Waals surface area contributed by atoms with Crippen LogP contribution in [-0.2, 0) is 20.1 Å². The van der Waals surface area contributed by atoms with Gasteiger partial charge >= 0.3 is 0 Å². The van der Waals surface area contributed by atoms with Crippen molar-refractivity contribution in [3.63, 3.8) is 0 Å². The molecule has 2 aromatic rings. The summed E-state index contributed by atoms with van der Waals surface area (Å²) in [5.41, 5.74) is 2.10. The van der Waals surface area contributed by atoms with Crippen molar-refractivity contribution in [2.24, 2.45) is 7.05 Å². The van der Waals surface area contributed by atoms with Crippen LogP contribution in [0.2, 0.25) is 5.02 Å². The summed E-state index contributed by atoms with van der Waals surface area (Å²) in [6.45, 7) is 2.43. The lowest BCUT2D eigenvalue weighted by Crippen LogP contribution is -2.25. The van der Waals surface area contributed by atoms with E-state index in [9.17, 15) is 4.79 Å². The van der Waals surface area contributed by atoms with Crippen LogP contribution in [-0.4, -0.2) is 31.3 Å². The van der Waals surface area contributed by atoms with Crippen LogP contribution < -0.4 is 10.9 Å². The van der Waals surface area contributed by atoms with Crippen molar-refractivity contribution in [3.05, 3.63) is 39.0 Å². The molecule has 0 aliphatic carbocycles. The molecule has 2 heterocycles. The van der Waals surface area contributed by atoms with Crippen LogP contribution in [0.1, 0.15) is 11.3 Å². The Morgan fingerprint density at radius 3 is 2.75 bits per heavy atom. The Morgan fingerprint density at radius 2 is 2.15 bits per heavy atom. The average Bonchev–Trinajstić information content (AvgIpc) is 2.75. The smallest absolute Gasteiger partial charge is 0.287 e. The number of hydrogen-bond acceptors (Lipinski definition) is 5. The quantitative estimate of drug-likeness (QED) is 0.841. The minimum Gasteiger partial charge on any atom is -0.394 e. The lowest BCUT2D eigenvalue weighted by molar-refractivity contribution is 0.266. The molecule has 0 spiro atoms. The van der Waals surface area contributed by atoms with Crippen LogP contribution >= 0.6 is 11.6 Å². The molecule has 20 heavy (non-hydrogen) atoms. The summed E-state index contributed by atoms with van der Waals surface area (Å²) in [7, 11) is 1.86. The standard InChI is InChI=1S/C12H16ClN5O2/c1-8-9(6-15-17(8)2)5-14-10-7-16-18(3-4-19)12(20)11(10)13/h6-7,14,19H,3-5H2,1-2H3. The van der Waals surface area contributed by atoms with E-state index in [0.717, 1.165) is 15.9 Å². The number of aryl methyl sites for hydroxylation is 1. The number of anilines is 1. The Labute approximate surface area is 120 Å². The highest BCUT2D eigenvalue weighted by Gasteiger charge is 2.10. The van der Waals surface area contributed by atoms with Crippen LogP contribution in [0, 0.1) is 6.92 Å². The van der Waals surface area contributed by atoms with Crippen LogP contribution in [0.15, 0.2) is 17.2 Å². The summed E-state index contributed by atoms with van der Waals surface area (Å²) >= 11 is 6.01. The van der Waals surface area contributed by atoms with E-state index in [1.807, 2.05) is 14.0 Å². The van der Waals surface area contributed by atoms with Crippen molar-refractivity contribution in [2.75, 3.05) is 11.9 Å². The van der Waals surface area contributed by atoms with Crippen molar-refractivity contribution in [3.8, 4) is 0 Å². The minimum atomic E-state index is -0.423.